The van der Waals surface area contributed by atoms with Gasteiger partial charge in [0, 0.05) is 13.8 Å². The predicted octanol–water partition coefficient (Wildman–Crippen LogP) is -0.307. The molecule has 0 radical (unpaired) electrons. The zero-order chi connectivity index (χ0) is 13.9. The first-order valence-corrected chi connectivity index (χ1v) is 7.00. The fourth-order valence-corrected chi connectivity index (χ4v) is 1.99. The molecule has 1 amide bonds. The summed E-state index contributed by atoms with van der Waals surface area (Å²) < 4.78 is 35.6. The Labute approximate surface area is 105 Å². The first-order chi connectivity index (χ1) is 8.17. The maximum Gasteiger partial charge on any atom is 0.413 e. The van der Waals surface area contributed by atoms with Gasteiger partial charge in [-0.3, -0.25) is 8.98 Å². The van der Waals surface area contributed by atoms with Crippen LogP contribution < -0.4 is 0 Å². The number of likely N-dealkylation sites (tertiary alicyclic amines) is 1. The molecule has 1 fully saturated rings. The van der Waals surface area contributed by atoms with Gasteiger partial charge in [0.25, 0.3) is 10.1 Å². The second-order valence-electron chi connectivity index (χ2n) is 3.89. The molecule has 0 aromatic heterocycles. The van der Waals surface area contributed by atoms with E-state index in [0.29, 0.717) is 0 Å². The van der Waals surface area contributed by atoms with Crippen LogP contribution in [-0.2, 0) is 28.6 Å². The third kappa shape index (κ3) is 4.88. The average Bonchev–Trinajstić information content (AvgIpc) is 2.06. The molecule has 0 aromatic rings. The summed E-state index contributed by atoms with van der Waals surface area (Å²) in [6.45, 7) is 2.85. The van der Waals surface area contributed by atoms with Crippen LogP contribution in [-0.4, -0.2) is 57.1 Å². The lowest BCUT2D eigenvalue weighted by atomic mass is 10.2. The fourth-order valence-electron chi connectivity index (χ4n) is 1.37. The molecular formula is C9H15NO7S. The molecule has 9 heteroatoms. The van der Waals surface area contributed by atoms with Crippen molar-refractivity contribution in [3.05, 3.63) is 0 Å². The van der Waals surface area contributed by atoms with Crippen LogP contribution in [0.2, 0.25) is 0 Å². The minimum atomic E-state index is -3.52. The van der Waals surface area contributed by atoms with Crippen LogP contribution in [0.15, 0.2) is 0 Å². The first-order valence-electron chi connectivity index (χ1n) is 5.18. The summed E-state index contributed by atoms with van der Waals surface area (Å²) in [5, 5.41) is 0. The normalized spacial score (nSPS) is 17.8. The van der Waals surface area contributed by atoms with Crippen molar-refractivity contribution in [2.75, 3.05) is 19.3 Å². The van der Waals surface area contributed by atoms with E-state index < -0.39 is 34.6 Å². The number of ether oxygens (including phenoxy) is 2. The molecule has 1 aliphatic heterocycles. The Morgan fingerprint density at radius 1 is 1.28 bits per heavy atom. The first kappa shape index (κ1) is 14.7. The van der Waals surface area contributed by atoms with Gasteiger partial charge in [-0.2, -0.15) is 8.42 Å². The lowest BCUT2D eigenvalue weighted by Gasteiger charge is -2.37. The molecule has 0 bridgehead atoms. The zero-order valence-corrected chi connectivity index (χ0v) is 11.1. The molecule has 1 aliphatic rings. The zero-order valence-electron chi connectivity index (χ0n) is 10.3. The Kier molecular flexibility index (Phi) is 4.52. The number of carbonyl (C=O) groups is 2. The topological polar surface area (TPSA) is 99.2 Å². The van der Waals surface area contributed by atoms with E-state index >= 15 is 0 Å². The van der Waals surface area contributed by atoms with Crippen molar-refractivity contribution >= 4 is 22.2 Å². The smallest absolute Gasteiger partial charge is 0.413 e. The van der Waals surface area contributed by atoms with Crippen LogP contribution in [0.1, 0.15) is 13.8 Å². The van der Waals surface area contributed by atoms with E-state index in [9.17, 15) is 18.0 Å². The van der Waals surface area contributed by atoms with E-state index in [1.807, 2.05) is 0 Å². The average molecular weight is 281 g/mol. The quantitative estimate of drug-likeness (QED) is 0.396. The van der Waals surface area contributed by atoms with E-state index in [-0.39, 0.29) is 13.1 Å². The maximum atomic E-state index is 11.4. The number of hydrogen-bond acceptors (Lipinski definition) is 7. The predicted molar refractivity (Wildman–Crippen MR) is 59.0 cm³/mol. The summed E-state index contributed by atoms with van der Waals surface area (Å²) >= 11 is 0. The van der Waals surface area contributed by atoms with Crippen LogP contribution in [0.25, 0.3) is 0 Å². The fraction of sp³-hybridized carbons (Fsp3) is 0.778. The molecule has 104 valence electrons. The van der Waals surface area contributed by atoms with Gasteiger partial charge in [-0.25, -0.2) is 4.79 Å². The molecule has 0 spiro atoms. The summed E-state index contributed by atoms with van der Waals surface area (Å²) in [7, 11) is -3.52. The van der Waals surface area contributed by atoms with Crippen molar-refractivity contribution in [3.63, 3.8) is 0 Å². The molecule has 18 heavy (non-hydrogen) atoms. The van der Waals surface area contributed by atoms with E-state index in [2.05, 4.69) is 8.92 Å². The number of hydrogen-bond donors (Lipinski definition) is 0. The van der Waals surface area contributed by atoms with Gasteiger partial charge in [0.15, 0.2) is 0 Å². The van der Waals surface area contributed by atoms with E-state index in [4.69, 9.17) is 4.74 Å². The highest BCUT2D eigenvalue weighted by Crippen LogP contribution is 2.15. The number of nitrogens with zero attached hydrogens (tertiary/aromatic N) is 1. The Morgan fingerprint density at radius 2 is 1.83 bits per heavy atom. The molecule has 1 saturated heterocycles. The van der Waals surface area contributed by atoms with Gasteiger partial charge in [-0.1, -0.05) is 0 Å². The van der Waals surface area contributed by atoms with Gasteiger partial charge in [0.2, 0.25) is 6.29 Å². The number of amides is 1. The van der Waals surface area contributed by atoms with Crippen LogP contribution in [0.5, 0.6) is 0 Å². The second-order valence-corrected chi connectivity index (χ2v) is 5.49. The third-order valence-corrected chi connectivity index (χ3v) is 2.64. The molecule has 1 unspecified atom stereocenters. The summed E-state index contributed by atoms with van der Waals surface area (Å²) in [5.41, 5.74) is 0. The Morgan fingerprint density at radius 3 is 2.28 bits per heavy atom. The molecule has 0 aliphatic carbocycles. The van der Waals surface area contributed by atoms with Crippen LogP contribution in [0, 0.1) is 0 Å². The molecule has 8 nitrogen and oxygen atoms in total. The van der Waals surface area contributed by atoms with Crippen LogP contribution in [0.3, 0.4) is 0 Å². The summed E-state index contributed by atoms with van der Waals surface area (Å²) in [5.74, 6) is -0.558. The van der Waals surface area contributed by atoms with Gasteiger partial charge in [0.1, 0.15) is 6.10 Å². The minimum Gasteiger partial charge on any atom is -0.426 e. The van der Waals surface area contributed by atoms with Gasteiger partial charge in [-0.15, -0.1) is 0 Å². The van der Waals surface area contributed by atoms with Gasteiger partial charge < -0.3 is 14.4 Å². The summed E-state index contributed by atoms with van der Waals surface area (Å²) in [4.78, 5) is 23.3. The minimum absolute atomic E-state index is 0.124. The monoisotopic (exact) mass is 281 g/mol. The molecule has 1 heterocycles. The maximum absolute atomic E-state index is 11.4. The highest BCUT2D eigenvalue weighted by Gasteiger charge is 2.35. The van der Waals surface area contributed by atoms with Crippen LogP contribution in [0.4, 0.5) is 4.79 Å². The molecule has 1 rings (SSSR count). The molecule has 1 atom stereocenters. The lowest BCUT2D eigenvalue weighted by Crippen LogP contribution is -2.55. The van der Waals surface area contributed by atoms with E-state index in [0.717, 1.165) is 6.26 Å². The Balaban J connectivity index is 2.29. The summed E-state index contributed by atoms with van der Waals surface area (Å²) in [6, 6.07) is 0. The standard InChI is InChI=1S/C9H15NO7S/c1-6(11)15-7(2)16-9(12)10-4-8(5-10)17-18(3,13)14/h7-8H,4-5H2,1-3H3. The van der Waals surface area contributed by atoms with Gasteiger partial charge in [0.05, 0.1) is 19.3 Å². The molecule has 0 N–H and O–H groups in total. The summed E-state index contributed by atoms with van der Waals surface area (Å²) in [6.07, 6.45) is -1.27. The molecule has 0 aromatic carbocycles. The van der Waals surface area contributed by atoms with Crippen molar-refractivity contribution in [2.24, 2.45) is 0 Å². The molecular weight excluding hydrogens is 266 g/mol. The second kappa shape index (κ2) is 5.53. The Hall–Kier alpha value is -1.35. The van der Waals surface area contributed by atoms with Crippen molar-refractivity contribution < 1.29 is 31.7 Å². The highest BCUT2D eigenvalue weighted by atomic mass is 32.2. The molecule has 0 saturated carbocycles. The lowest BCUT2D eigenvalue weighted by molar-refractivity contribution is -0.164. The van der Waals surface area contributed by atoms with Crippen LogP contribution >= 0.6 is 0 Å². The van der Waals surface area contributed by atoms with Crippen molar-refractivity contribution in [2.45, 2.75) is 26.2 Å². The van der Waals surface area contributed by atoms with E-state index in [1.165, 1.54) is 18.7 Å². The SMILES string of the molecule is CC(=O)OC(C)OC(=O)N1CC(OS(C)(=O)=O)C1. The van der Waals surface area contributed by atoms with E-state index in [1.54, 1.807) is 0 Å². The number of esters is 1. The van der Waals surface area contributed by atoms with Crippen molar-refractivity contribution in [3.8, 4) is 0 Å². The largest absolute Gasteiger partial charge is 0.426 e. The van der Waals surface area contributed by atoms with Crippen molar-refractivity contribution in [1.82, 2.24) is 4.90 Å². The van der Waals surface area contributed by atoms with Gasteiger partial charge in [-0.05, 0) is 0 Å². The number of rotatable bonds is 4. The Bertz CT molecular complexity index is 426. The number of carbonyl (C=O) groups excluding carboxylic acids is 2. The van der Waals surface area contributed by atoms with Crippen molar-refractivity contribution in [1.29, 1.82) is 0 Å². The highest BCUT2D eigenvalue weighted by molar-refractivity contribution is 7.86. The third-order valence-electron chi connectivity index (χ3n) is 2.02. The van der Waals surface area contributed by atoms with Gasteiger partial charge >= 0.3 is 12.1 Å².